The van der Waals surface area contributed by atoms with Gasteiger partial charge in [-0.05, 0) is 31.4 Å². The zero-order chi connectivity index (χ0) is 15.1. The molecule has 0 saturated carbocycles. The Bertz CT molecular complexity index is 564. The van der Waals surface area contributed by atoms with Crippen molar-refractivity contribution in [3.63, 3.8) is 0 Å². The van der Waals surface area contributed by atoms with Crippen LogP contribution in [0.4, 0.5) is 0 Å². The van der Waals surface area contributed by atoms with Gasteiger partial charge in [0, 0.05) is 12.6 Å². The van der Waals surface area contributed by atoms with E-state index in [9.17, 15) is 9.59 Å². The minimum absolute atomic E-state index is 0.174. The summed E-state index contributed by atoms with van der Waals surface area (Å²) in [6, 6.07) is 8.93. The molecule has 2 rings (SSSR count). The highest BCUT2D eigenvalue weighted by Gasteiger charge is 2.34. The smallest absolute Gasteiger partial charge is 0.261 e. The van der Waals surface area contributed by atoms with E-state index in [4.69, 9.17) is 5.26 Å². The highest BCUT2D eigenvalue weighted by atomic mass is 16.2. The Morgan fingerprint density at radius 3 is 2.24 bits per heavy atom. The summed E-state index contributed by atoms with van der Waals surface area (Å²) in [5, 5.41) is 8.35. The predicted octanol–water partition coefficient (Wildman–Crippen LogP) is 3.31. The van der Waals surface area contributed by atoms with Crippen molar-refractivity contribution in [3.8, 4) is 6.07 Å². The third-order valence-corrected chi connectivity index (χ3v) is 3.57. The highest BCUT2D eigenvalue weighted by molar-refractivity contribution is 6.21. The van der Waals surface area contributed by atoms with Crippen LogP contribution >= 0.6 is 0 Å². The third-order valence-electron chi connectivity index (χ3n) is 3.57. The molecule has 0 atom stereocenters. The average Bonchev–Trinajstić information content (AvgIpc) is 2.75. The van der Waals surface area contributed by atoms with Gasteiger partial charge in [-0.2, -0.15) is 5.26 Å². The average molecular weight is 282 g/mol. The van der Waals surface area contributed by atoms with Crippen LogP contribution in [0.2, 0.25) is 0 Å². The molecule has 1 aromatic carbocycles. The molecule has 4 nitrogen and oxygen atoms in total. The fraction of sp³-hybridized carbons (Fsp3) is 0.353. The lowest BCUT2D eigenvalue weighted by atomic mass is 10.1. The minimum atomic E-state index is -0.174. The molecule has 0 fully saturated rings. The second kappa shape index (κ2) is 7.39. The number of benzene rings is 1. The van der Waals surface area contributed by atoms with Crippen molar-refractivity contribution in [2.75, 3.05) is 6.54 Å². The largest absolute Gasteiger partial charge is 0.274 e. The molecule has 21 heavy (non-hydrogen) atoms. The summed E-state index contributed by atoms with van der Waals surface area (Å²) in [6.07, 6.45) is 8.14. The van der Waals surface area contributed by atoms with Gasteiger partial charge in [0.15, 0.2) is 0 Å². The molecule has 1 aliphatic heterocycles. The predicted molar refractivity (Wildman–Crippen MR) is 79.6 cm³/mol. The second-order valence-corrected chi connectivity index (χ2v) is 5.04. The molecule has 2 amide bonds. The fourth-order valence-electron chi connectivity index (χ4n) is 2.46. The Labute approximate surface area is 124 Å². The molecule has 0 aliphatic carbocycles. The molecular formula is C17H18N2O2. The molecule has 1 heterocycles. The van der Waals surface area contributed by atoms with Gasteiger partial charge in [-0.15, -0.1) is 0 Å². The summed E-state index contributed by atoms with van der Waals surface area (Å²) in [6.45, 7) is 0.486. The summed E-state index contributed by atoms with van der Waals surface area (Å²) < 4.78 is 0. The molecule has 0 bridgehead atoms. The van der Waals surface area contributed by atoms with Crippen LogP contribution in [-0.4, -0.2) is 23.3 Å². The molecule has 0 saturated heterocycles. The number of amides is 2. The van der Waals surface area contributed by atoms with Gasteiger partial charge < -0.3 is 0 Å². The molecule has 4 heteroatoms. The van der Waals surface area contributed by atoms with Crippen LogP contribution in [0, 0.1) is 11.3 Å². The van der Waals surface area contributed by atoms with Crippen molar-refractivity contribution in [1.29, 1.82) is 5.26 Å². The van der Waals surface area contributed by atoms with Gasteiger partial charge >= 0.3 is 0 Å². The number of unbranched alkanes of at least 4 members (excludes halogenated alkanes) is 4. The van der Waals surface area contributed by atoms with Crippen molar-refractivity contribution in [3.05, 3.63) is 47.5 Å². The van der Waals surface area contributed by atoms with E-state index in [0.717, 1.165) is 32.1 Å². The summed E-state index contributed by atoms with van der Waals surface area (Å²) in [5.41, 5.74) is 1.04. The van der Waals surface area contributed by atoms with Gasteiger partial charge in [0.2, 0.25) is 0 Å². The maximum absolute atomic E-state index is 12.1. The van der Waals surface area contributed by atoms with Crippen molar-refractivity contribution in [1.82, 2.24) is 4.90 Å². The highest BCUT2D eigenvalue weighted by Crippen LogP contribution is 2.22. The van der Waals surface area contributed by atoms with E-state index in [-0.39, 0.29) is 11.8 Å². The van der Waals surface area contributed by atoms with Crippen LogP contribution in [0.1, 0.15) is 52.8 Å². The van der Waals surface area contributed by atoms with Crippen molar-refractivity contribution >= 4 is 11.8 Å². The minimum Gasteiger partial charge on any atom is -0.274 e. The molecule has 0 unspecified atom stereocenters. The molecule has 108 valence electrons. The monoisotopic (exact) mass is 282 g/mol. The summed E-state index contributed by atoms with van der Waals surface area (Å²) in [4.78, 5) is 25.6. The third kappa shape index (κ3) is 3.57. The van der Waals surface area contributed by atoms with Gasteiger partial charge in [0.05, 0.1) is 17.2 Å². The Balaban J connectivity index is 1.73. The number of allylic oxidation sites excluding steroid dienone is 2. The Morgan fingerprint density at radius 1 is 1.00 bits per heavy atom. The fourth-order valence-corrected chi connectivity index (χ4v) is 2.46. The number of hydrogen-bond acceptors (Lipinski definition) is 3. The summed E-state index contributed by atoms with van der Waals surface area (Å²) in [5.74, 6) is -0.347. The lowest BCUT2D eigenvalue weighted by Crippen LogP contribution is -2.30. The van der Waals surface area contributed by atoms with Crippen molar-refractivity contribution in [2.45, 2.75) is 32.1 Å². The van der Waals surface area contributed by atoms with E-state index in [0.29, 0.717) is 17.7 Å². The van der Waals surface area contributed by atoms with E-state index < -0.39 is 0 Å². The molecule has 0 spiro atoms. The second-order valence-electron chi connectivity index (χ2n) is 5.04. The maximum atomic E-state index is 12.1. The standard InChI is InChI=1S/C17H18N2O2/c18-12-8-4-2-1-3-5-9-13-19-16(20)14-10-6-7-11-15(14)17(19)21/h4,6-8,10-11H,1-3,5,9,13H2/b8-4-. The van der Waals surface area contributed by atoms with Gasteiger partial charge in [0.25, 0.3) is 11.8 Å². The molecule has 0 radical (unpaired) electrons. The first kappa shape index (κ1) is 15.0. The van der Waals surface area contributed by atoms with E-state index in [1.54, 1.807) is 24.3 Å². The first-order valence-electron chi connectivity index (χ1n) is 7.25. The molecule has 1 aliphatic rings. The number of imide groups is 1. The Kier molecular flexibility index (Phi) is 5.28. The van der Waals surface area contributed by atoms with Crippen LogP contribution in [0.15, 0.2) is 36.4 Å². The van der Waals surface area contributed by atoms with Crippen LogP contribution in [0.5, 0.6) is 0 Å². The Hall–Kier alpha value is -2.41. The first-order chi connectivity index (χ1) is 10.3. The van der Waals surface area contributed by atoms with Crippen molar-refractivity contribution in [2.24, 2.45) is 0 Å². The topological polar surface area (TPSA) is 61.2 Å². The van der Waals surface area contributed by atoms with E-state index >= 15 is 0 Å². The van der Waals surface area contributed by atoms with Gasteiger partial charge in [0.1, 0.15) is 0 Å². The van der Waals surface area contributed by atoms with E-state index in [2.05, 4.69) is 0 Å². The Morgan fingerprint density at radius 2 is 1.62 bits per heavy atom. The number of rotatable bonds is 7. The molecule has 0 aromatic heterocycles. The molecule has 1 aromatic rings. The van der Waals surface area contributed by atoms with Crippen LogP contribution in [0.25, 0.3) is 0 Å². The normalized spacial score (nSPS) is 13.8. The SMILES string of the molecule is N#C/C=C\CCCCCCN1C(=O)c2ccccc2C1=O. The van der Waals surface area contributed by atoms with Gasteiger partial charge in [-0.25, -0.2) is 0 Å². The number of nitriles is 1. The number of nitrogens with zero attached hydrogens (tertiary/aromatic N) is 2. The van der Waals surface area contributed by atoms with Crippen LogP contribution in [-0.2, 0) is 0 Å². The number of fused-ring (bicyclic) bond motifs is 1. The molecule has 0 N–H and O–H groups in total. The van der Waals surface area contributed by atoms with Crippen LogP contribution < -0.4 is 0 Å². The van der Waals surface area contributed by atoms with Crippen LogP contribution in [0.3, 0.4) is 0 Å². The summed E-state index contributed by atoms with van der Waals surface area (Å²) >= 11 is 0. The first-order valence-corrected chi connectivity index (χ1v) is 7.25. The van der Waals surface area contributed by atoms with Gasteiger partial charge in [-0.1, -0.05) is 31.1 Å². The molecular weight excluding hydrogens is 264 g/mol. The van der Waals surface area contributed by atoms with Crippen molar-refractivity contribution < 1.29 is 9.59 Å². The van der Waals surface area contributed by atoms with E-state index in [1.165, 1.54) is 11.0 Å². The lowest BCUT2D eigenvalue weighted by Gasteiger charge is -2.13. The quantitative estimate of drug-likeness (QED) is 0.438. The number of hydrogen-bond donors (Lipinski definition) is 0. The lowest BCUT2D eigenvalue weighted by molar-refractivity contribution is 0.0651. The number of carbonyl (C=O) groups is 2. The van der Waals surface area contributed by atoms with Gasteiger partial charge in [-0.3, -0.25) is 14.5 Å². The zero-order valence-corrected chi connectivity index (χ0v) is 11.9. The van der Waals surface area contributed by atoms with E-state index in [1.807, 2.05) is 12.1 Å². The zero-order valence-electron chi connectivity index (χ0n) is 11.9. The maximum Gasteiger partial charge on any atom is 0.261 e. The summed E-state index contributed by atoms with van der Waals surface area (Å²) in [7, 11) is 0. The number of carbonyl (C=O) groups excluding carboxylic acids is 2.